The van der Waals surface area contributed by atoms with Gasteiger partial charge in [-0.15, -0.1) is 10.2 Å². The molecule has 0 atom stereocenters. The van der Waals surface area contributed by atoms with Gasteiger partial charge < -0.3 is 0 Å². The van der Waals surface area contributed by atoms with E-state index >= 15 is 0 Å². The summed E-state index contributed by atoms with van der Waals surface area (Å²) in [7, 11) is 1.94. The van der Waals surface area contributed by atoms with Gasteiger partial charge in [-0.3, -0.25) is 4.68 Å². The van der Waals surface area contributed by atoms with Crippen molar-refractivity contribution in [2.45, 2.75) is 33.1 Å². The zero-order valence-electron chi connectivity index (χ0n) is 11.9. The Morgan fingerprint density at radius 2 is 2.10 bits per heavy atom. The zero-order valence-corrected chi connectivity index (χ0v) is 12.8. The lowest BCUT2D eigenvalue weighted by Crippen LogP contribution is -2.02. The molecule has 0 unspecified atom stereocenters. The van der Waals surface area contributed by atoms with E-state index in [0.29, 0.717) is 5.92 Å². The summed E-state index contributed by atoms with van der Waals surface area (Å²) in [6.07, 6.45) is 6.74. The van der Waals surface area contributed by atoms with Crippen molar-refractivity contribution in [2.75, 3.05) is 0 Å². The fraction of sp³-hybridized carbons (Fsp3) is 0.538. The summed E-state index contributed by atoms with van der Waals surface area (Å²) in [4.78, 5) is 0.891. The Morgan fingerprint density at radius 1 is 1.25 bits per heavy atom. The Balaban J connectivity index is 1.74. The van der Waals surface area contributed by atoms with Crippen LogP contribution in [0.5, 0.6) is 0 Å². The molecule has 3 aromatic heterocycles. The Labute approximate surface area is 121 Å². The van der Waals surface area contributed by atoms with Gasteiger partial charge in [-0.05, 0) is 17.9 Å². The number of nitrogens with zero attached hydrogens (tertiary/aromatic N) is 6. The summed E-state index contributed by atoms with van der Waals surface area (Å²) >= 11 is 1.62. The van der Waals surface area contributed by atoms with Crippen LogP contribution in [-0.4, -0.2) is 29.6 Å². The third kappa shape index (κ3) is 2.72. The van der Waals surface area contributed by atoms with Gasteiger partial charge >= 0.3 is 0 Å². The Hall–Kier alpha value is -1.76. The monoisotopic (exact) mass is 290 g/mol. The molecule has 3 heterocycles. The highest BCUT2D eigenvalue weighted by molar-refractivity contribution is 7.16. The number of hydrogen-bond donors (Lipinski definition) is 0. The predicted molar refractivity (Wildman–Crippen MR) is 77.8 cm³/mol. The first kappa shape index (κ1) is 13.2. The van der Waals surface area contributed by atoms with Crippen LogP contribution in [0.1, 0.15) is 30.2 Å². The summed E-state index contributed by atoms with van der Waals surface area (Å²) in [6.45, 7) is 4.35. The molecule has 0 saturated heterocycles. The van der Waals surface area contributed by atoms with Gasteiger partial charge in [-0.1, -0.05) is 25.2 Å². The Bertz CT molecular complexity index is 707. The summed E-state index contributed by atoms with van der Waals surface area (Å²) in [5.41, 5.74) is 1.24. The molecule has 0 saturated carbocycles. The SMILES string of the molecule is CC(C)Cc1nnc2sc(CCc3cnn(C)c3)nn12. The van der Waals surface area contributed by atoms with Crippen molar-refractivity contribution in [1.29, 1.82) is 0 Å². The van der Waals surface area contributed by atoms with E-state index in [0.717, 1.165) is 35.1 Å². The number of aryl methyl sites for hydroxylation is 3. The van der Waals surface area contributed by atoms with Crippen LogP contribution in [0.25, 0.3) is 4.96 Å². The number of hydrogen-bond acceptors (Lipinski definition) is 5. The number of rotatable bonds is 5. The quantitative estimate of drug-likeness (QED) is 0.720. The van der Waals surface area contributed by atoms with Crippen LogP contribution in [0.3, 0.4) is 0 Å². The molecule has 20 heavy (non-hydrogen) atoms. The minimum Gasteiger partial charge on any atom is -0.276 e. The molecule has 0 aliphatic carbocycles. The summed E-state index contributed by atoms with van der Waals surface area (Å²) < 4.78 is 3.72. The lowest BCUT2D eigenvalue weighted by molar-refractivity contribution is 0.605. The molecule has 0 bridgehead atoms. The van der Waals surface area contributed by atoms with Crippen LogP contribution >= 0.6 is 11.3 Å². The molecule has 3 rings (SSSR count). The van der Waals surface area contributed by atoms with E-state index < -0.39 is 0 Å². The minimum atomic E-state index is 0.558. The Morgan fingerprint density at radius 3 is 2.80 bits per heavy atom. The van der Waals surface area contributed by atoms with Crippen molar-refractivity contribution < 1.29 is 0 Å². The summed E-state index contributed by atoms with van der Waals surface area (Å²) in [5.74, 6) is 1.52. The van der Waals surface area contributed by atoms with E-state index in [2.05, 4.69) is 34.2 Å². The van der Waals surface area contributed by atoms with Crippen LogP contribution < -0.4 is 0 Å². The van der Waals surface area contributed by atoms with Gasteiger partial charge in [0.25, 0.3) is 0 Å². The molecule has 0 aliphatic heterocycles. The highest BCUT2D eigenvalue weighted by atomic mass is 32.1. The highest BCUT2D eigenvalue weighted by Gasteiger charge is 2.12. The molecule has 3 aromatic rings. The lowest BCUT2D eigenvalue weighted by atomic mass is 10.1. The first-order valence-electron chi connectivity index (χ1n) is 6.79. The fourth-order valence-electron chi connectivity index (χ4n) is 2.14. The van der Waals surface area contributed by atoms with Crippen molar-refractivity contribution in [2.24, 2.45) is 13.0 Å². The summed E-state index contributed by atoms with van der Waals surface area (Å²) in [6, 6.07) is 0. The molecule has 0 N–H and O–H groups in total. The molecule has 0 fully saturated rings. The van der Waals surface area contributed by atoms with Gasteiger partial charge in [0.2, 0.25) is 4.96 Å². The standard InChI is InChI=1S/C13H18N6S/c1-9(2)6-11-15-16-13-19(11)17-12(20-13)5-4-10-7-14-18(3)8-10/h7-9H,4-6H2,1-3H3. The topological polar surface area (TPSA) is 60.9 Å². The summed E-state index contributed by atoms with van der Waals surface area (Å²) in [5, 5.41) is 18.3. The second-order valence-corrected chi connectivity index (χ2v) is 6.47. The van der Waals surface area contributed by atoms with Crippen molar-refractivity contribution >= 4 is 16.3 Å². The molecule has 0 aliphatic rings. The van der Waals surface area contributed by atoms with Crippen molar-refractivity contribution in [3.05, 3.63) is 28.8 Å². The van der Waals surface area contributed by atoms with Gasteiger partial charge in [0, 0.05) is 26.1 Å². The maximum atomic E-state index is 4.63. The number of fused-ring (bicyclic) bond motifs is 1. The van der Waals surface area contributed by atoms with Gasteiger partial charge in [0.05, 0.1) is 6.20 Å². The average Bonchev–Trinajstić information content (AvgIpc) is 3.04. The fourth-order valence-corrected chi connectivity index (χ4v) is 2.99. The van der Waals surface area contributed by atoms with Gasteiger partial charge in [0.15, 0.2) is 5.82 Å². The molecule has 106 valence electrons. The first-order chi connectivity index (χ1) is 9.61. The molecule has 0 spiro atoms. The normalized spacial score (nSPS) is 11.8. The molecule has 0 aromatic carbocycles. The van der Waals surface area contributed by atoms with Crippen molar-refractivity contribution in [1.82, 2.24) is 29.6 Å². The molecular formula is C13H18N6S. The van der Waals surface area contributed by atoms with Crippen molar-refractivity contribution in [3.8, 4) is 0 Å². The maximum absolute atomic E-state index is 4.63. The van der Waals surface area contributed by atoms with Gasteiger partial charge in [-0.2, -0.15) is 14.7 Å². The van der Waals surface area contributed by atoms with Crippen LogP contribution in [0.4, 0.5) is 0 Å². The zero-order chi connectivity index (χ0) is 14.1. The molecule has 0 amide bonds. The molecule has 6 nitrogen and oxygen atoms in total. The molecule has 7 heteroatoms. The first-order valence-corrected chi connectivity index (χ1v) is 7.61. The minimum absolute atomic E-state index is 0.558. The Kier molecular flexibility index (Phi) is 3.52. The molecular weight excluding hydrogens is 272 g/mol. The van der Waals surface area contributed by atoms with Crippen LogP contribution in [-0.2, 0) is 26.3 Å². The number of aromatic nitrogens is 6. The van der Waals surface area contributed by atoms with Gasteiger partial charge in [-0.25, -0.2) is 0 Å². The van der Waals surface area contributed by atoms with E-state index in [9.17, 15) is 0 Å². The smallest absolute Gasteiger partial charge is 0.234 e. The van der Waals surface area contributed by atoms with E-state index in [-0.39, 0.29) is 0 Å². The average molecular weight is 290 g/mol. The largest absolute Gasteiger partial charge is 0.276 e. The van der Waals surface area contributed by atoms with E-state index in [1.807, 2.05) is 28.6 Å². The van der Waals surface area contributed by atoms with E-state index in [1.165, 1.54) is 5.56 Å². The second kappa shape index (κ2) is 5.32. The lowest BCUT2D eigenvalue weighted by Gasteiger charge is -1.99. The van der Waals surface area contributed by atoms with Gasteiger partial charge in [0.1, 0.15) is 5.01 Å². The highest BCUT2D eigenvalue weighted by Crippen LogP contribution is 2.17. The van der Waals surface area contributed by atoms with Crippen molar-refractivity contribution in [3.63, 3.8) is 0 Å². The third-order valence-corrected chi connectivity index (χ3v) is 4.03. The van der Waals surface area contributed by atoms with E-state index in [4.69, 9.17) is 0 Å². The van der Waals surface area contributed by atoms with Crippen LogP contribution in [0.2, 0.25) is 0 Å². The predicted octanol–water partition coefficient (Wildman–Crippen LogP) is 1.90. The second-order valence-electron chi connectivity index (χ2n) is 5.43. The maximum Gasteiger partial charge on any atom is 0.234 e. The third-order valence-electron chi connectivity index (χ3n) is 3.07. The van der Waals surface area contributed by atoms with Crippen LogP contribution in [0, 0.1) is 5.92 Å². The van der Waals surface area contributed by atoms with Crippen LogP contribution in [0.15, 0.2) is 12.4 Å². The van der Waals surface area contributed by atoms with E-state index in [1.54, 1.807) is 11.3 Å². The molecule has 0 radical (unpaired) electrons.